The van der Waals surface area contributed by atoms with Gasteiger partial charge in [-0.15, -0.1) is 11.3 Å². The van der Waals surface area contributed by atoms with Crippen molar-refractivity contribution in [1.29, 1.82) is 0 Å². The molecule has 0 bridgehead atoms. The Labute approximate surface area is 98.0 Å². The molecule has 0 unspecified atom stereocenters. The summed E-state index contributed by atoms with van der Waals surface area (Å²) in [6.07, 6.45) is 1.04. The van der Waals surface area contributed by atoms with Gasteiger partial charge in [0.2, 0.25) is 0 Å². The second kappa shape index (κ2) is 4.25. The van der Waals surface area contributed by atoms with Gasteiger partial charge in [0.25, 0.3) is 0 Å². The Morgan fingerprint density at radius 1 is 1.33 bits per heavy atom. The predicted molar refractivity (Wildman–Crippen MR) is 65.8 cm³/mol. The Bertz CT molecular complexity index is 476. The van der Waals surface area contributed by atoms with Gasteiger partial charge in [0.05, 0.1) is 5.02 Å². The van der Waals surface area contributed by atoms with Gasteiger partial charge in [-0.3, -0.25) is 0 Å². The lowest BCUT2D eigenvalue weighted by Crippen LogP contribution is -1.74. The lowest BCUT2D eigenvalue weighted by molar-refractivity contribution is 0.475. The van der Waals surface area contributed by atoms with E-state index < -0.39 is 0 Å². The van der Waals surface area contributed by atoms with Crippen LogP contribution < -0.4 is 0 Å². The molecule has 0 spiro atoms. The molecule has 2 aromatic rings. The summed E-state index contributed by atoms with van der Waals surface area (Å²) in [4.78, 5) is 1.19. The minimum absolute atomic E-state index is 0.132. The molecule has 1 nitrogen and oxygen atoms in total. The molecule has 1 aromatic heterocycles. The van der Waals surface area contributed by atoms with Crippen LogP contribution in [0.4, 0.5) is 0 Å². The molecule has 78 valence electrons. The Kier molecular flexibility index (Phi) is 2.98. The number of hydrogen-bond acceptors (Lipinski definition) is 2. The summed E-state index contributed by atoms with van der Waals surface area (Å²) in [5.74, 6) is 0.132. The quantitative estimate of drug-likeness (QED) is 0.825. The van der Waals surface area contributed by atoms with Crippen LogP contribution in [0, 0.1) is 0 Å². The number of rotatable bonds is 2. The van der Waals surface area contributed by atoms with E-state index in [0.29, 0.717) is 5.02 Å². The van der Waals surface area contributed by atoms with Gasteiger partial charge in [-0.1, -0.05) is 18.5 Å². The summed E-state index contributed by atoms with van der Waals surface area (Å²) in [5.41, 5.74) is 2.39. The third-order valence-corrected chi connectivity index (χ3v) is 3.63. The summed E-state index contributed by atoms with van der Waals surface area (Å²) in [7, 11) is 0. The fourth-order valence-corrected chi connectivity index (χ4v) is 2.55. The SMILES string of the molecule is CCc1csc(-c2ccc(O)c(Cl)c2)c1. The normalized spacial score (nSPS) is 10.5. The van der Waals surface area contributed by atoms with E-state index in [2.05, 4.69) is 18.4 Å². The third-order valence-electron chi connectivity index (χ3n) is 2.29. The van der Waals surface area contributed by atoms with Crippen LogP contribution in [0.15, 0.2) is 29.6 Å². The number of hydrogen-bond donors (Lipinski definition) is 1. The highest BCUT2D eigenvalue weighted by Gasteiger charge is 2.04. The molecule has 0 atom stereocenters. The molecule has 3 heteroatoms. The highest BCUT2D eigenvalue weighted by Crippen LogP contribution is 2.32. The number of phenols is 1. The van der Waals surface area contributed by atoms with Crippen molar-refractivity contribution >= 4 is 22.9 Å². The fourth-order valence-electron chi connectivity index (χ4n) is 1.37. The molecule has 0 aliphatic heterocycles. The molecular formula is C12H11ClOS. The van der Waals surface area contributed by atoms with E-state index in [-0.39, 0.29) is 5.75 Å². The average molecular weight is 239 g/mol. The molecule has 1 N–H and O–H groups in total. The molecule has 1 aromatic carbocycles. The Morgan fingerprint density at radius 2 is 2.13 bits per heavy atom. The van der Waals surface area contributed by atoms with Gasteiger partial charge in [0.15, 0.2) is 0 Å². The smallest absolute Gasteiger partial charge is 0.134 e. The van der Waals surface area contributed by atoms with Crippen molar-refractivity contribution in [2.75, 3.05) is 0 Å². The molecule has 0 saturated carbocycles. The topological polar surface area (TPSA) is 20.2 Å². The van der Waals surface area contributed by atoms with E-state index in [0.717, 1.165) is 12.0 Å². The first-order valence-electron chi connectivity index (χ1n) is 4.77. The Morgan fingerprint density at radius 3 is 2.73 bits per heavy atom. The second-order valence-corrected chi connectivity index (χ2v) is 4.66. The van der Waals surface area contributed by atoms with Crippen molar-refractivity contribution in [3.8, 4) is 16.2 Å². The van der Waals surface area contributed by atoms with Crippen LogP contribution >= 0.6 is 22.9 Å². The largest absolute Gasteiger partial charge is 0.506 e. The number of aromatic hydroxyl groups is 1. The monoisotopic (exact) mass is 238 g/mol. The van der Waals surface area contributed by atoms with E-state index in [4.69, 9.17) is 11.6 Å². The third kappa shape index (κ3) is 2.16. The van der Waals surface area contributed by atoms with Crippen LogP contribution in [-0.4, -0.2) is 5.11 Å². The second-order valence-electron chi connectivity index (χ2n) is 3.34. The fraction of sp³-hybridized carbons (Fsp3) is 0.167. The van der Waals surface area contributed by atoms with E-state index in [1.54, 1.807) is 23.5 Å². The van der Waals surface area contributed by atoms with Crippen molar-refractivity contribution in [3.63, 3.8) is 0 Å². The number of phenolic OH excluding ortho intramolecular Hbond substituents is 1. The lowest BCUT2D eigenvalue weighted by atomic mass is 10.1. The van der Waals surface area contributed by atoms with Gasteiger partial charge in [-0.25, -0.2) is 0 Å². The van der Waals surface area contributed by atoms with Gasteiger partial charge in [-0.05, 0) is 47.2 Å². The maximum absolute atomic E-state index is 9.31. The summed E-state index contributed by atoms with van der Waals surface area (Å²) >= 11 is 7.56. The number of benzene rings is 1. The zero-order chi connectivity index (χ0) is 10.8. The first-order valence-corrected chi connectivity index (χ1v) is 6.02. The highest BCUT2D eigenvalue weighted by atomic mass is 35.5. The van der Waals surface area contributed by atoms with Gasteiger partial charge >= 0.3 is 0 Å². The highest BCUT2D eigenvalue weighted by molar-refractivity contribution is 7.13. The Balaban J connectivity index is 2.40. The van der Waals surface area contributed by atoms with Crippen molar-refractivity contribution in [2.45, 2.75) is 13.3 Å². The maximum Gasteiger partial charge on any atom is 0.134 e. The van der Waals surface area contributed by atoms with Crippen LogP contribution in [0.25, 0.3) is 10.4 Å². The standard InChI is InChI=1S/C12H11ClOS/c1-2-8-5-12(15-7-8)9-3-4-11(14)10(13)6-9/h3-7,14H,2H2,1H3. The number of thiophene rings is 1. The first-order chi connectivity index (χ1) is 7.20. The summed E-state index contributed by atoms with van der Waals surface area (Å²) in [5, 5.41) is 11.9. The molecule has 0 fully saturated rings. The van der Waals surface area contributed by atoms with Gasteiger partial charge in [0.1, 0.15) is 5.75 Å². The van der Waals surface area contributed by atoms with Crippen LogP contribution in [0.5, 0.6) is 5.75 Å². The van der Waals surface area contributed by atoms with E-state index in [1.807, 2.05) is 6.07 Å². The van der Waals surface area contributed by atoms with E-state index in [1.165, 1.54) is 10.4 Å². The van der Waals surface area contributed by atoms with Crippen molar-refractivity contribution in [2.24, 2.45) is 0 Å². The van der Waals surface area contributed by atoms with Crippen molar-refractivity contribution < 1.29 is 5.11 Å². The van der Waals surface area contributed by atoms with E-state index in [9.17, 15) is 5.11 Å². The van der Waals surface area contributed by atoms with Gasteiger partial charge in [-0.2, -0.15) is 0 Å². The molecule has 1 heterocycles. The summed E-state index contributed by atoms with van der Waals surface area (Å²) < 4.78 is 0. The minimum Gasteiger partial charge on any atom is -0.506 e. The molecule has 0 aliphatic carbocycles. The predicted octanol–water partition coefficient (Wildman–Crippen LogP) is 4.34. The molecule has 15 heavy (non-hydrogen) atoms. The Hall–Kier alpha value is -0.990. The average Bonchev–Trinajstić information content (AvgIpc) is 2.70. The summed E-state index contributed by atoms with van der Waals surface area (Å²) in [6, 6.07) is 7.46. The number of aryl methyl sites for hydroxylation is 1. The summed E-state index contributed by atoms with van der Waals surface area (Å²) in [6.45, 7) is 2.13. The first kappa shape index (κ1) is 10.5. The lowest BCUT2D eigenvalue weighted by Gasteiger charge is -2.00. The van der Waals surface area contributed by atoms with E-state index >= 15 is 0 Å². The van der Waals surface area contributed by atoms with Gasteiger partial charge in [0, 0.05) is 4.88 Å². The zero-order valence-electron chi connectivity index (χ0n) is 8.33. The van der Waals surface area contributed by atoms with Crippen LogP contribution in [0.1, 0.15) is 12.5 Å². The van der Waals surface area contributed by atoms with Gasteiger partial charge < -0.3 is 5.11 Å². The van der Waals surface area contributed by atoms with Crippen LogP contribution in [0.2, 0.25) is 5.02 Å². The number of halogens is 1. The maximum atomic E-state index is 9.31. The minimum atomic E-state index is 0.132. The molecule has 0 radical (unpaired) electrons. The molecular weight excluding hydrogens is 228 g/mol. The molecule has 2 rings (SSSR count). The molecule has 0 aliphatic rings. The van der Waals surface area contributed by atoms with Crippen molar-refractivity contribution in [3.05, 3.63) is 40.2 Å². The zero-order valence-corrected chi connectivity index (χ0v) is 9.90. The van der Waals surface area contributed by atoms with Crippen LogP contribution in [0.3, 0.4) is 0 Å². The molecule has 0 saturated heterocycles. The van der Waals surface area contributed by atoms with Crippen LogP contribution in [-0.2, 0) is 6.42 Å². The molecule has 0 amide bonds. The van der Waals surface area contributed by atoms with Crippen molar-refractivity contribution in [1.82, 2.24) is 0 Å².